The number of nitrogens with zero attached hydrogens (tertiary/aromatic N) is 2. The summed E-state index contributed by atoms with van der Waals surface area (Å²) in [7, 11) is 0. The minimum absolute atomic E-state index is 0.243. The predicted molar refractivity (Wildman–Crippen MR) is 102 cm³/mol. The molecule has 8 heteroatoms. The van der Waals surface area contributed by atoms with E-state index in [4.69, 9.17) is 15.6 Å². The molecule has 0 aliphatic carbocycles. The third kappa shape index (κ3) is 4.81. The van der Waals surface area contributed by atoms with Gasteiger partial charge in [-0.3, -0.25) is 5.43 Å². The number of thiazole rings is 1. The normalized spacial score (nSPS) is 10.8. The lowest BCUT2D eigenvalue weighted by molar-refractivity contribution is 0.0696. The number of hydrazone groups is 1. The highest BCUT2D eigenvalue weighted by Crippen LogP contribution is 2.17. The molecule has 3 aromatic rings. The van der Waals surface area contributed by atoms with Crippen molar-refractivity contribution in [2.24, 2.45) is 5.10 Å². The van der Waals surface area contributed by atoms with Crippen LogP contribution < -0.4 is 15.9 Å². The number of aromatic nitrogens is 1. The van der Waals surface area contributed by atoms with Crippen LogP contribution in [0.5, 0.6) is 5.75 Å². The number of carboxylic acids is 1. The van der Waals surface area contributed by atoms with E-state index in [9.17, 15) is 4.79 Å². The fourth-order valence-corrected chi connectivity index (χ4v) is 2.66. The summed E-state index contributed by atoms with van der Waals surface area (Å²) < 4.78 is 5.68. The third-order valence-electron chi connectivity index (χ3n) is 3.36. The molecule has 0 aliphatic heterocycles. The Morgan fingerprint density at radius 3 is 2.81 bits per heavy atom. The summed E-state index contributed by atoms with van der Waals surface area (Å²) in [5.41, 5.74) is 10.3. The number of ether oxygens (including phenoxy) is 1. The van der Waals surface area contributed by atoms with Crippen LogP contribution in [0.1, 0.15) is 21.5 Å². The van der Waals surface area contributed by atoms with Crippen LogP contribution in [0.25, 0.3) is 0 Å². The molecule has 0 fully saturated rings. The second-order valence-electron chi connectivity index (χ2n) is 5.31. The van der Waals surface area contributed by atoms with E-state index in [1.54, 1.807) is 29.8 Å². The Kier molecular flexibility index (Phi) is 5.45. The number of aromatic carboxylic acids is 1. The first-order chi connectivity index (χ1) is 12.6. The van der Waals surface area contributed by atoms with Gasteiger partial charge in [0.1, 0.15) is 18.2 Å². The fraction of sp³-hybridized carbons (Fsp3) is 0.0556. The lowest BCUT2D eigenvalue weighted by Gasteiger charge is -2.07. The summed E-state index contributed by atoms with van der Waals surface area (Å²) in [5, 5.41) is 15.5. The number of rotatable bonds is 7. The molecule has 26 heavy (non-hydrogen) atoms. The van der Waals surface area contributed by atoms with Crippen LogP contribution in [0.3, 0.4) is 0 Å². The van der Waals surface area contributed by atoms with Crippen molar-refractivity contribution < 1.29 is 14.6 Å². The molecule has 0 aliphatic rings. The maximum atomic E-state index is 11.0. The number of carboxylic acid groups (broad SMARTS) is 1. The van der Waals surface area contributed by atoms with Gasteiger partial charge in [-0.15, -0.1) is 11.3 Å². The number of nitrogen functional groups attached to an aromatic ring is 1. The molecule has 1 heterocycles. The zero-order valence-electron chi connectivity index (χ0n) is 13.6. The highest BCUT2D eigenvalue weighted by molar-refractivity contribution is 7.14. The maximum Gasteiger partial charge on any atom is 0.335 e. The molecule has 0 unspecified atom stereocenters. The minimum atomic E-state index is -0.954. The van der Waals surface area contributed by atoms with Crippen LogP contribution in [0.4, 0.5) is 10.9 Å². The van der Waals surface area contributed by atoms with E-state index in [-0.39, 0.29) is 5.56 Å². The highest BCUT2D eigenvalue weighted by atomic mass is 32.1. The zero-order chi connectivity index (χ0) is 18.4. The summed E-state index contributed by atoms with van der Waals surface area (Å²) in [4.78, 5) is 15.0. The van der Waals surface area contributed by atoms with E-state index in [2.05, 4.69) is 15.5 Å². The number of hydrogen-bond acceptors (Lipinski definition) is 7. The molecule has 0 saturated carbocycles. The van der Waals surface area contributed by atoms with Crippen LogP contribution in [0.2, 0.25) is 0 Å². The summed E-state index contributed by atoms with van der Waals surface area (Å²) in [6.45, 7) is 0.293. The Morgan fingerprint density at radius 2 is 2.12 bits per heavy atom. The number of nitrogens with two attached hydrogens (primary N) is 1. The van der Waals surface area contributed by atoms with Gasteiger partial charge < -0.3 is 15.6 Å². The largest absolute Gasteiger partial charge is 0.489 e. The van der Waals surface area contributed by atoms with Crippen LogP contribution in [0, 0.1) is 0 Å². The number of hydrogen-bond donors (Lipinski definition) is 3. The van der Waals surface area contributed by atoms with Crippen molar-refractivity contribution in [2.75, 3.05) is 11.2 Å². The molecule has 132 valence electrons. The van der Waals surface area contributed by atoms with Gasteiger partial charge in [-0.25, -0.2) is 9.78 Å². The molecular weight excluding hydrogens is 352 g/mol. The van der Waals surface area contributed by atoms with E-state index >= 15 is 0 Å². The average molecular weight is 368 g/mol. The van der Waals surface area contributed by atoms with Gasteiger partial charge in [0.2, 0.25) is 5.13 Å². The maximum absolute atomic E-state index is 11.0. The van der Waals surface area contributed by atoms with Crippen LogP contribution >= 0.6 is 11.3 Å². The quantitative estimate of drug-likeness (QED) is 0.435. The molecule has 3 rings (SSSR count). The lowest BCUT2D eigenvalue weighted by atomic mass is 10.1. The molecule has 0 bridgehead atoms. The highest BCUT2D eigenvalue weighted by Gasteiger charge is 2.04. The van der Waals surface area contributed by atoms with Gasteiger partial charge in [-0.05, 0) is 47.5 Å². The van der Waals surface area contributed by atoms with Crippen molar-refractivity contribution in [3.05, 3.63) is 70.6 Å². The predicted octanol–water partition coefficient (Wildman–Crippen LogP) is 3.45. The third-order valence-corrected chi connectivity index (χ3v) is 4.12. The topological polar surface area (TPSA) is 110 Å². The van der Waals surface area contributed by atoms with Gasteiger partial charge in [0, 0.05) is 5.38 Å². The van der Waals surface area contributed by atoms with Crippen LogP contribution in [-0.4, -0.2) is 22.3 Å². The molecule has 0 radical (unpaired) electrons. The molecule has 0 atom stereocenters. The van der Waals surface area contributed by atoms with Crippen molar-refractivity contribution in [2.45, 2.75) is 6.61 Å². The molecule has 4 N–H and O–H groups in total. The van der Waals surface area contributed by atoms with Crippen LogP contribution in [-0.2, 0) is 6.61 Å². The van der Waals surface area contributed by atoms with E-state index in [0.717, 1.165) is 11.1 Å². The first kappa shape index (κ1) is 17.4. The molecule has 0 saturated heterocycles. The summed E-state index contributed by atoms with van der Waals surface area (Å²) in [5.74, 6) is 0.191. The average Bonchev–Trinajstić information content (AvgIpc) is 3.06. The Bertz CT molecular complexity index is 922. The van der Waals surface area contributed by atoms with E-state index in [1.165, 1.54) is 11.3 Å². The Morgan fingerprint density at radius 1 is 1.31 bits per heavy atom. The van der Waals surface area contributed by atoms with Crippen LogP contribution in [0.15, 0.2) is 59.0 Å². The first-order valence-corrected chi connectivity index (χ1v) is 8.53. The monoisotopic (exact) mass is 368 g/mol. The number of nitrogens with one attached hydrogen (secondary N) is 1. The van der Waals surface area contributed by atoms with Gasteiger partial charge in [0.05, 0.1) is 11.8 Å². The standard InChI is InChI=1S/C18H16N4O3S/c19-16-11-26-18(21-16)22-20-9-12-4-6-15(7-5-12)25-10-13-2-1-3-14(8-13)17(23)24/h1-9,11H,10,19H2,(H,21,22)(H,23,24). The molecule has 0 amide bonds. The van der Waals surface area contributed by atoms with Crippen molar-refractivity contribution in [3.63, 3.8) is 0 Å². The SMILES string of the molecule is Nc1csc(NN=Cc2ccc(OCc3cccc(C(=O)O)c3)cc2)n1. The summed E-state index contributed by atoms with van der Waals surface area (Å²) >= 11 is 1.38. The number of anilines is 2. The summed E-state index contributed by atoms with van der Waals surface area (Å²) in [6, 6.07) is 14.0. The van der Waals surface area contributed by atoms with Gasteiger partial charge in [0.15, 0.2) is 0 Å². The van der Waals surface area contributed by atoms with Gasteiger partial charge >= 0.3 is 5.97 Å². The van der Waals surface area contributed by atoms with Crippen molar-refractivity contribution in [1.29, 1.82) is 0 Å². The molecule has 1 aromatic heterocycles. The summed E-state index contributed by atoms with van der Waals surface area (Å²) in [6.07, 6.45) is 1.66. The first-order valence-electron chi connectivity index (χ1n) is 7.65. The lowest BCUT2D eigenvalue weighted by Crippen LogP contribution is -2.00. The van der Waals surface area contributed by atoms with E-state index < -0.39 is 5.97 Å². The van der Waals surface area contributed by atoms with Crippen molar-refractivity contribution in [1.82, 2.24) is 4.98 Å². The Balaban J connectivity index is 1.54. The van der Waals surface area contributed by atoms with Crippen molar-refractivity contribution in [3.8, 4) is 5.75 Å². The molecular formula is C18H16N4O3S. The van der Waals surface area contributed by atoms with E-state index in [0.29, 0.717) is 23.3 Å². The Labute approximate surface area is 153 Å². The molecule has 0 spiro atoms. The second kappa shape index (κ2) is 8.13. The second-order valence-corrected chi connectivity index (χ2v) is 6.17. The fourth-order valence-electron chi connectivity index (χ4n) is 2.11. The minimum Gasteiger partial charge on any atom is -0.489 e. The van der Waals surface area contributed by atoms with E-state index in [1.807, 2.05) is 30.3 Å². The number of benzene rings is 2. The van der Waals surface area contributed by atoms with Gasteiger partial charge in [-0.2, -0.15) is 5.10 Å². The molecule has 7 nitrogen and oxygen atoms in total. The number of carbonyl (C=O) groups is 1. The Hall–Kier alpha value is -3.39. The zero-order valence-corrected chi connectivity index (χ0v) is 14.4. The van der Waals surface area contributed by atoms with Crippen molar-refractivity contribution >= 4 is 34.5 Å². The van der Waals surface area contributed by atoms with Gasteiger partial charge in [0.25, 0.3) is 0 Å². The van der Waals surface area contributed by atoms with Gasteiger partial charge in [-0.1, -0.05) is 12.1 Å². The molecule has 2 aromatic carbocycles. The smallest absolute Gasteiger partial charge is 0.335 e.